The van der Waals surface area contributed by atoms with Crippen LogP contribution in [0.4, 0.5) is 0 Å². The molecule has 0 saturated carbocycles. The summed E-state index contributed by atoms with van der Waals surface area (Å²) < 4.78 is 28.0. The number of rotatable bonds is 7. The predicted molar refractivity (Wildman–Crippen MR) is 77.5 cm³/mol. The van der Waals surface area contributed by atoms with Crippen molar-refractivity contribution in [3.05, 3.63) is 24.3 Å². The Labute approximate surface area is 124 Å². The number of hydrogen-bond donors (Lipinski definition) is 0. The van der Waals surface area contributed by atoms with Crippen molar-refractivity contribution in [2.24, 2.45) is 0 Å². The molecule has 0 atom stereocenters. The lowest BCUT2D eigenvalue weighted by atomic mass is 10.3. The summed E-state index contributed by atoms with van der Waals surface area (Å²) in [5, 5.41) is 8.45. The maximum atomic E-state index is 11.7. The van der Waals surface area contributed by atoms with E-state index in [-0.39, 0.29) is 23.8 Å². The molecule has 1 amide bonds. The van der Waals surface area contributed by atoms with Gasteiger partial charge in [-0.05, 0) is 24.3 Å². The predicted octanol–water partition coefficient (Wildman–Crippen LogP) is 1.23. The summed E-state index contributed by atoms with van der Waals surface area (Å²) >= 11 is 0. The molecule has 7 heteroatoms. The molecule has 114 valence electrons. The highest BCUT2D eigenvalue weighted by Crippen LogP contribution is 2.15. The Kier molecular flexibility index (Phi) is 6.18. The van der Waals surface area contributed by atoms with Gasteiger partial charge >= 0.3 is 0 Å². The first-order chi connectivity index (χ1) is 9.84. The smallest absolute Gasteiger partial charge is 0.225 e. The van der Waals surface area contributed by atoms with Crippen LogP contribution in [-0.2, 0) is 14.6 Å². The molecule has 0 saturated heterocycles. The molecule has 0 aliphatic carbocycles. The van der Waals surface area contributed by atoms with E-state index in [0.29, 0.717) is 18.7 Å². The van der Waals surface area contributed by atoms with Gasteiger partial charge in [0.2, 0.25) is 5.91 Å². The zero-order valence-corrected chi connectivity index (χ0v) is 12.9. The lowest BCUT2D eigenvalue weighted by Crippen LogP contribution is -2.28. The first-order valence-electron chi connectivity index (χ1n) is 6.38. The van der Waals surface area contributed by atoms with Crippen LogP contribution in [-0.4, -0.2) is 45.7 Å². The van der Waals surface area contributed by atoms with Gasteiger partial charge in [0.05, 0.1) is 30.4 Å². The first-order valence-corrected chi connectivity index (χ1v) is 8.27. The van der Waals surface area contributed by atoms with Crippen molar-refractivity contribution >= 4 is 15.7 Å². The Hall–Kier alpha value is -2.07. The normalized spacial score (nSPS) is 10.7. The summed E-state index contributed by atoms with van der Waals surface area (Å²) in [6.07, 6.45) is 1.64. The van der Waals surface area contributed by atoms with Gasteiger partial charge in [-0.25, -0.2) is 8.42 Å². The second-order valence-electron chi connectivity index (χ2n) is 4.57. The molecule has 0 bridgehead atoms. The highest BCUT2D eigenvalue weighted by molar-refractivity contribution is 7.90. The van der Waals surface area contributed by atoms with E-state index in [0.717, 1.165) is 6.26 Å². The van der Waals surface area contributed by atoms with Gasteiger partial charge in [0.1, 0.15) is 5.75 Å². The quantitative estimate of drug-likeness (QED) is 0.756. The standard InChI is InChI=1S/C14H18N2O4S/c1-16(10-3-9-15)14(17)8-11-20-12-4-6-13(7-5-12)21(2,18)19/h4-7H,3,8,10-11H2,1-2H3. The average Bonchev–Trinajstić information content (AvgIpc) is 2.44. The van der Waals surface area contributed by atoms with Gasteiger partial charge in [-0.3, -0.25) is 4.79 Å². The minimum absolute atomic E-state index is 0.0991. The van der Waals surface area contributed by atoms with Gasteiger partial charge in [-0.2, -0.15) is 5.26 Å². The Balaban J connectivity index is 2.43. The van der Waals surface area contributed by atoms with Crippen LogP contribution in [0.15, 0.2) is 29.2 Å². The van der Waals surface area contributed by atoms with E-state index in [4.69, 9.17) is 10.00 Å². The van der Waals surface area contributed by atoms with E-state index >= 15 is 0 Å². The topological polar surface area (TPSA) is 87.5 Å². The molecule has 1 aromatic carbocycles. The number of nitrogens with zero attached hydrogens (tertiary/aromatic N) is 2. The van der Waals surface area contributed by atoms with Crippen molar-refractivity contribution in [3.63, 3.8) is 0 Å². The van der Waals surface area contributed by atoms with E-state index in [1.54, 1.807) is 19.2 Å². The average molecular weight is 310 g/mol. The van der Waals surface area contributed by atoms with Crippen molar-refractivity contribution in [1.82, 2.24) is 4.90 Å². The van der Waals surface area contributed by atoms with Gasteiger partial charge < -0.3 is 9.64 Å². The fourth-order valence-corrected chi connectivity index (χ4v) is 2.20. The lowest BCUT2D eigenvalue weighted by Gasteiger charge is -2.15. The molecule has 21 heavy (non-hydrogen) atoms. The Morgan fingerprint density at radius 3 is 2.48 bits per heavy atom. The molecule has 0 N–H and O–H groups in total. The summed E-state index contributed by atoms with van der Waals surface area (Å²) in [5.41, 5.74) is 0. The molecule has 0 aromatic heterocycles. The molecule has 0 aliphatic heterocycles. The summed E-state index contributed by atoms with van der Waals surface area (Å²) in [6.45, 7) is 0.604. The molecule has 1 rings (SSSR count). The van der Waals surface area contributed by atoms with Gasteiger partial charge in [-0.1, -0.05) is 0 Å². The van der Waals surface area contributed by atoms with Gasteiger partial charge in [0, 0.05) is 19.8 Å². The first kappa shape index (κ1) is 17.0. The molecule has 0 spiro atoms. The van der Waals surface area contributed by atoms with Crippen LogP contribution in [0.1, 0.15) is 12.8 Å². The van der Waals surface area contributed by atoms with Crippen LogP contribution >= 0.6 is 0 Å². The van der Waals surface area contributed by atoms with Crippen molar-refractivity contribution in [3.8, 4) is 11.8 Å². The second kappa shape index (κ2) is 7.64. The van der Waals surface area contributed by atoms with E-state index in [9.17, 15) is 13.2 Å². The maximum absolute atomic E-state index is 11.7. The second-order valence-corrected chi connectivity index (χ2v) is 6.58. The van der Waals surface area contributed by atoms with E-state index in [1.165, 1.54) is 17.0 Å². The van der Waals surface area contributed by atoms with Gasteiger partial charge in [-0.15, -0.1) is 0 Å². The summed E-state index contributed by atoms with van der Waals surface area (Å²) in [6, 6.07) is 8.02. The van der Waals surface area contributed by atoms with Crippen molar-refractivity contribution < 1.29 is 17.9 Å². The van der Waals surface area contributed by atoms with Crippen LogP contribution in [0.3, 0.4) is 0 Å². The number of carbonyl (C=O) groups is 1. The molecule has 6 nitrogen and oxygen atoms in total. The number of sulfone groups is 1. The van der Waals surface area contributed by atoms with Crippen molar-refractivity contribution in [1.29, 1.82) is 5.26 Å². The molecule has 0 aliphatic rings. The fraction of sp³-hybridized carbons (Fsp3) is 0.429. The number of carbonyl (C=O) groups excluding carboxylic acids is 1. The van der Waals surface area contributed by atoms with Crippen LogP contribution in [0.25, 0.3) is 0 Å². The van der Waals surface area contributed by atoms with Crippen LogP contribution < -0.4 is 4.74 Å². The molecule has 0 unspecified atom stereocenters. The molecular formula is C14H18N2O4S. The number of ether oxygens (including phenoxy) is 1. The van der Waals surface area contributed by atoms with Crippen LogP contribution in [0.2, 0.25) is 0 Å². The number of benzene rings is 1. The molecular weight excluding hydrogens is 292 g/mol. The summed E-state index contributed by atoms with van der Waals surface area (Å²) in [4.78, 5) is 13.4. The zero-order chi connectivity index (χ0) is 15.9. The number of amides is 1. The monoisotopic (exact) mass is 310 g/mol. The molecule has 1 aromatic rings. The number of nitriles is 1. The van der Waals surface area contributed by atoms with E-state index < -0.39 is 9.84 Å². The largest absolute Gasteiger partial charge is 0.493 e. The van der Waals surface area contributed by atoms with Crippen molar-refractivity contribution in [2.75, 3.05) is 26.5 Å². The van der Waals surface area contributed by atoms with Gasteiger partial charge in [0.15, 0.2) is 9.84 Å². The third kappa shape index (κ3) is 5.83. The van der Waals surface area contributed by atoms with E-state index in [2.05, 4.69) is 0 Å². The Morgan fingerprint density at radius 1 is 1.33 bits per heavy atom. The van der Waals surface area contributed by atoms with Crippen LogP contribution in [0, 0.1) is 11.3 Å². The zero-order valence-electron chi connectivity index (χ0n) is 12.1. The lowest BCUT2D eigenvalue weighted by molar-refractivity contribution is -0.130. The highest BCUT2D eigenvalue weighted by atomic mass is 32.2. The van der Waals surface area contributed by atoms with Crippen molar-refractivity contribution in [2.45, 2.75) is 17.7 Å². The number of hydrogen-bond acceptors (Lipinski definition) is 5. The molecule has 0 fully saturated rings. The highest BCUT2D eigenvalue weighted by Gasteiger charge is 2.09. The minimum Gasteiger partial charge on any atom is -0.493 e. The van der Waals surface area contributed by atoms with E-state index in [1.807, 2.05) is 6.07 Å². The van der Waals surface area contributed by atoms with Crippen LogP contribution in [0.5, 0.6) is 5.75 Å². The third-order valence-corrected chi connectivity index (χ3v) is 3.95. The Morgan fingerprint density at radius 2 is 1.95 bits per heavy atom. The fourth-order valence-electron chi connectivity index (χ4n) is 1.57. The summed E-state index contributed by atoms with van der Waals surface area (Å²) in [5.74, 6) is 0.410. The Bertz CT molecular complexity index is 617. The summed E-state index contributed by atoms with van der Waals surface area (Å²) in [7, 11) is -1.58. The SMILES string of the molecule is CN(CCC#N)C(=O)CCOc1ccc(S(C)(=O)=O)cc1. The minimum atomic E-state index is -3.22. The maximum Gasteiger partial charge on any atom is 0.225 e. The third-order valence-electron chi connectivity index (χ3n) is 2.82. The van der Waals surface area contributed by atoms with Gasteiger partial charge in [0.25, 0.3) is 0 Å². The molecule has 0 radical (unpaired) electrons. The molecule has 0 heterocycles.